The lowest BCUT2D eigenvalue weighted by molar-refractivity contribution is 0.284. The van der Waals surface area contributed by atoms with E-state index >= 15 is 0 Å². The Bertz CT molecular complexity index is 173. The highest BCUT2D eigenvalue weighted by atomic mass is 15.1. The van der Waals surface area contributed by atoms with Gasteiger partial charge in [-0.2, -0.15) is 0 Å². The van der Waals surface area contributed by atoms with Crippen molar-refractivity contribution in [2.75, 3.05) is 20.1 Å². The Morgan fingerprint density at radius 1 is 1.23 bits per heavy atom. The van der Waals surface area contributed by atoms with Crippen molar-refractivity contribution in [1.82, 2.24) is 4.90 Å². The molecule has 0 saturated heterocycles. The molecule has 0 heterocycles. The van der Waals surface area contributed by atoms with E-state index in [0.717, 1.165) is 12.5 Å². The van der Waals surface area contributed by atoms with Crippen LogP contribution in [0.5, 0.6) is 0 Å². The van der Waals surface area contributed by atoms with Crippen LogP contribution < -0.4 is 0 Å². The molecule has 0 N–H and O–H groups in total. The Labute approximate surface area is 83.5 Å². The van der Waals surface area contributed by atoms with E-state index in [1.165, 1.54) is 13.0 Å². The summed E-state index contributed by atoms with van der Waals surface area (Å²) in [6.07, 6.45) is 1.18. The fraction of sp³-hybridized carbons (Fsp3) is 0.833. The summed E-state index contributed by atoms with van der Waals surface area (Å²) in [5.41, 5.74) is 0. The van der Waals surface area contributed by atoms with E-state index in [4.69, 9.17) is 0 Å². The second kappa shape index (κ2) is 6.97. The molecule has 0 aliphatic heterocycles. The minimum atomic E-state index is 0.541. The first-order chi connectivity index (χ1) is 6.06. The number of nitrogens with zero attached hydrogens (tertiary/aromatic N) is 1. The van der Waals surface area contributed by atoms with Crippen molar-refractivity contribution in [3.05, 3.63) is 0 Å². The maximum Gasteiger partial charge on any atom is 0.0186 e. The van der Waals surface area contributed by atoms with E-state index in [2.05, 4.69) is 44.6 Å². The molecule has 76 valence electrons. The summed E-state index contributed by atoms with van der Waals surface area (Å²) in [7, 11) is 2.19. The third-order valence-electron chi connectivity index (χ3n) is 2.01. The van der Waals surface area contributed by atoms with E-state index in [-0.39, 0.29) is 0 Å². The lowest BCUT2D eigenvalue weighted by atomic mass is 10.1. The molecule has 0 aliphatic carbocycles. The van der Waals surface area contributed by atoms with Gasteiger partial charge in [-0.3, -0.25) is 0 Å². The zero-order valence-electron chi connectivity index (χ0n) is 9.72. The van der Waals surface area contributed by atoms with Gasteiger partial charge in [-0.05, 0) is 32.9 Å². The third kappa shape index (κ3) is 7.87. The average Bonchev–Trinajstić information content (AvgIpc) is 2.00. The summed E-state index contributed by atoms with van der Waals surface area (Å²) in [6, 6.07) is 0. The maximum atomic E-state index is 3.18. The van der Waals surface area contributed by atoms with E-state index in [1.54, 1.807) is 0 Å². The van der Waals surface area contributed by atoms with Gasteiger partial charge in [0.15, 0.2) is 0 Å². The molecule has 0 aromatic heterocycles. The number of hydrogen-bond donors (Lipinski definition) is 0. The van der Waals surface area contributed by atoms with Crippen LogP contribution in [-0.4, -0.2) is 25.0 Å². The molecule has 1 nitrogen and oxygen atoms in total. The highest BCUT2D eigenvalue weighted by molar-refractivity contribution is 4.99. The summed E-state index contributed by atoms with van der Waals surface area (Å²) in [6.45, 7) is 11.0. The van der Waals surface area contributed by atoms with Gasteiger partial charge in [0.25, 0.3) is 0 Å². The van der Waals surface area contributed by atoms with Crippen molar-refractivity contribution in [3.63, 3.8) is 0 Å². The predicted molar refractivity (Wildman–Crippen MR) is 59.6 cm³/mol. The van der Waals surface area contributed by atoms with Crippen molar-refractivity contribution >= 4 is 0 Å². The monoisotopic (exact) mass is 181 g/mol. The molecule has 1 atom stereocenters. The zero-order chi connectivity index (χ0) is 10.3. The molecular formula is C12H23N. The Morgan fingerprint density at radius 3 is 2.31 bits per heavy atom. The molecule has 0 bridgehead atoms. The molecular weight excluding hydrogens is 158 g/mol. The molecule has 0 aromatic rings. The zero-order valence-corrected chi connectivity index (χ0v) is 9.72. The molecule has 0 spiro atoms. The van der Waals surface area contributed by atoms with Gasteiger partial charge >= 0.3 is 0 Å². The van der Waals surface area contributed by atoms with Crippen molar-refractivity contribution in [3.8, 4) is 11.8 Å². The quantitative estimate of drug-likeness (QED) is 0.589. The SMILES string of the molecule is CC#CC(C)CCN(C)CC(C)C. The molecule has 1 heteroatoms. The van der Waals surface area contributed by atoms with Crippen molar-refractivity contribution in [1.29, 1.82) is 0 Å². The van der Waals surface area contributed by atoms with Crippen LogP contribution in [0.4, 0.5) is 0 Å². The van der Waals surface area contributed by atoms with Gasteiger partial charge in [0.1, 0.15) is 0 Å². The normalized spacial score (nSPS) is 12.8. The lowest BCUT2D eigenvalue weighted by Gasteiger charge is -2.19. The van der Waals surface area contributed by atoms with Crippen LogP contribution in [0.1, 0.15) is 34.1 Å². The van der Waals surface area contributed by atoms with Gasteiger partial charge < -0.3 is 4.90 Å². The average molecular weight is 181 g/mol. The van der Waals surface area contributed by atoms with Crippen LogP contribution in [-0.2, 0) is 0 Å². The third-order valence-corrected chi connectivity index (χ3v) is 2.01. The van der Waals surface area contributed by atoms with Crippen LogP contribution >= 0.6 is 0 Å². The van der Waals surface area contributed by atoms with Crippen molar-refractivity contribution in [2.45, 2.75) is 34.1 Å². The van der Waals surface area contributed by atoms with Gasteiger partial charge in [0, 0.05) is 12.5 Å². The fourth-order valence-electron chi connectivity index (χ4n) is 1.45. The molecule has 0 rings (SSSR count). The Kier molecular flexibility index (Phi) is 6.72. The number of hydrogen-bond acceptors (Lipinski definition) is 1. The van der Waals surface area contributed by atoms with Crippen LogP contribution in [0.25, 0.3) is 0 Å². The molecule has 0 aromatic carbocycles. The van der Waals surface area contributed by atoms with Crippen LogP contribution in [0.15, 0.2) is 0 Å². The minimum absolute atomic E-state index is 0.541. The van der Waals surface area contributed by atoms with E-state index in [1.807, 2.05) is 6.92 Å². The summed E-state index contributed by atoms with van der Waals surface area (Å²) in [4.78, 5) is 2.39. The molecule has 0 saturated carbocycles. The lowest BCUT2D eigenvalue weighted by Crippen LogP contribution is -2.25. The van der Waals surface area contributed by atoms with Crippen molar-refractivity contribution < 1.29 is 0 Å². The van der Waals surface area contributed by atoms with E-state index < -0.39 is 0 Å². The molecule has 13 heavy (non-hydrogen) atoms. The second-order valence-electron chi connectivity index (χ2n) is 4.24. The molecule has 0 radical (unpaired) electrons. The molecule has 0 aliphatic rings. The Balaban J connectivity index is 3.55. The van der Waals surface area contributed by atoms with E-state index in [0.29, 0.717) is 5.92 Å². The Hall–Kier alpha value is -0.480. The summed E-state index contributed by atoms with van der Waals surface area (Å²) in [5.74, 6) is 7.44. The maximum absolute atomic E-state index is 3.18. The standard InChI is InChI=1S/C12H23N/c1-6-7-12(4)8-9-13(5)10-11(2)3/h11-12H,8-10H2,1-5H3. The van der Waals surface area contributed by atoms with Crippen LogP contribution in [0, 0.1) is 23.7 Å². The topological polar surface area (TPSA) is 3.24 Å². The van der Waals surface area contributed by atoms with Crippen LogP contribution in [0.3, 0.4) is 0 Å². The molecule has 0 fully saturated rings. The largest absolute Gasteiger partial charge is 0.306 e. The molecule has 0 amide bonds. The predicted octanol–water partition coefficient (Wildman–Crippen LogP) is 2.62. The van der Waals surface area contributed by atoms with Crippen LogP contribution in [0.2, 0.25) is 0 Å². The van der Waals surface area contributed by atoms with Crippen molar-refractivity contribution in [2.24, 2.45) is 11.8 Å². The van der Waals surface area contributed by atoms with Gasteiger partial charge in [-0.15, -0.1) is 11.8 Å². The summed E-state index contributed by atoms with van der Waals surface area (Å²) in [5, 5.41) is 0. The van der Waals surface area contributed by atoms with Gasteiger partial charge in [-0.25, -0.2) is 0 Å². The summed E-state index contributed by atoms with van der Waals surface area (Å²) >= 11 is 0. The first-order valence-electron chi connectivity index (χ1n) is 5.17. The fourth-order valence-corrected chi connectivity index (χ4v) is 1.45. The van der Waals surface area contributed by atoms with Gasteiger partial charge in [0.05, 0.1) is 0 Å². The Morgan fingerprint density at radius 2 is 1.85 bits per heavy atom. The smallest absolute Gasteiger partial charge is 0.0186 e. The minimum Gasteiger partial charge on any atom is -0.306 e. The van der Waals surface area contributed by atoms with E-state index in [9.17, 15) is 0 Å². The number of rotatable bonds is 5. The first-order valence-corrected chi connectivity index (χ1v) is 5.17. The highest BCUT2D eigenvalue weighted by Crippen LogP contribution is 2.03. The van der Waals surface area contributed by atoms with Gasteiger partial charge in [0.2, 0.25) is 0 Å². The second-order valence-corrected chi connectivity index (χ2v) is 4.24. The highest BCUT2D eigenvalue weighted by Gasteiger charge is 2.03. The summed E-state index contributed by atoms with van der Waals surface area (Å²) < 4.78 is 0. The molecule has 1 unspecified atom stereocenters. The van der Waals surface area contributed by atoms with Gasteiger partial charge in [-0.1, -0.05) is 20.8 Å². The first kappa shape index (κ1) is 12.5.